The number of benzene rings is 6. The number of pyridine rings is 2. The second-order valence-electron chi connectivity index (χ2n) is 15.5. The maximum Gasteiger partial charge on any atom is 0.0894 e. The second kappa shape index (κ2) is 11.2. The molecule has 0 amide bonds. The Kier molecular flexibility index (Phi) is 6.60. The number of fused-ring (bicyclic) bond motifs is 7. The molecule has 0 saturated heterocycles. The quantitative estimate of drug-likeness (QED) is 0.187. The Balaban J connectivity index is 0.944. The lowest BCUT2D eigenvalue weighted by Gasteiger charge is -2.22. The van der Waals surface area contributed by atoms with Gasteiger partial charge in [0.2, 0.25) is 0 Å². The fourth-order valence-corrected chi connectivity index (χ4v) is 8.82. The summed E-state index contributed by atoms with van der Waals surface area (Å²) in [4.78, 5) is 10.2. The minimum Gasteiger partial charge on any atom is -0.246 e. The van der Waals surface area contributed by atoms with Crippen molar-refractivity contribution in [2.75, 3.05) is 0 Å². The summed E-state index contributed by atoms with van der Waals surface area (Å²) in [5, 5.41) is 0. The molecule has 2 aliphatic rings. The zero-order valence-electron chi connectivity index (χ0n) is 29.9. The summed E-state index contributed by atoms with van der Waals surface area (Å²) < 4.78 is 0. The third-order valence-electron chi connectivity index (χ3n) is 11.7. The second-order valence-corrected chi connectivity index (χ2v) is 15.5. The van der Waals surface area contributed by atoms with Crippen LogP contribution in [0.2, 0.25) is 0 Å². The molecule has 8 aromatic rings. The third-order valence-corrected chi connectivity index (χ3v) is 11.7. The summed E-state index contributed by atoms with van der Waals surface area (Å²) in [6.07, 6.45) is 0. The van der Waals surface area contributed by atoms with Crippen molar-refractivity contribution in [2.45, 2.75) is 38.5 Å². The van der Waals surface area contributed by atoms with E-state index in [-0.39, 0.29) is 10.8 Å². The van der Waals surface area contributed by atoms with Crippen molar-refractivity contribution in [3.63, 3.8) is 0 Å². The van der Waals surface area contributed by atoms with Crippen LogP contribution in [0.1, 0.15) is 49.9 Å². The number of hydrogen-bond donors (Lipinski definition) is 0. The van der Waals surface area contributed by atoms with Gasteiger partial charge in [0.1, 0.15) is 0 Å². The Hall–Kier alpha value is -6.12. The summed E-state index contributed by atoms with van der Waals surface area (Å²) in [5.74, 6) is 0. The predicted molar refractivity (Wildman–Crippen MR) is 216 cm³/mol. The van der Waals surface area contributed by atoms with Gasteiger partial charge in [-0.2, -0.15) is 0 Å². The molecule has 0 bridgehead atoms. The Morgan fingerprint density at radius 2 is 0.692 bits per heavy atom. The summed E-state index contributed by atoms with van der Waals surface area (Å²) in [6.45, 7) is 9.34. The monoisotopic (exact) mass is 666 g/mol. The first-order valence-electron chi connectivity index (χ1n) is 18.2. The Morgan fingerprint density at radius 1 is 0.308 bits per heavy atom. The minimum absolute atomic E-state index is 0.0291. The molecule has 52 heavy (non-hydrogen) atoms. The molecule has 0 unspecified atom stereocenters. The van der Waals surface area contributed by atoms with E-state index in [1.54, 1.807) is 0 Å². The molecule has 0 aliphatic heterocycles. The largest absolute Gasteiger partial charge is 0.246 e. The lowest BCUT2D eigenvalue weighted by molar-refractivity contribution is 0.660. The first-order valence-corrected chi connectivity index (χ1v) is 18.2. The van der Waals surface area contributed by atoms with Crippen LogP contribution in [0.5, 0.6) is 0 Å². The van der Waals surface area contributed by atoms with E-state index in [9.17, 15) is 0 Å². The molecule has 0 fully saturated rings. The van der Waals surface area contributed by atoms with Gasteiger partial charge < -0.3 is 0 Å². The van der Waals surface area contributed by atoms with Crippen LogP contribution < -0.4 is 0 Å². The van der Waals surface area contributed by atoms with Crippen molar-refractivity contribution in [3.8, 4) is 67.0 Å². The average molecular weight is 667 g/mol. The number of rotatable bonds is 4. The Labute approximate surface area is 305 Å². The summed E-state index contributed by atoms with van der Waals surface area (Å²) >= 11 is 0. The van der Waals surface area contributed by atoms with Gasteiger partial charge in [0.25, 0.3) is 0 Å². The van der Waals surface area contributed by atoms with Gasteiger partial charge in [0, 0.05) is 22.0 Å². The van der Waals surface area contributed by atoms with Crippen LogP contribution in [0.25, 0.3) is 78.1 Å². The van der Waals surface area contributed by atoms with E-state index < -0.39 is 0 Å². The average Bonchev–Trinajstić information content (AvgIpc) is 3.56. The molecule has 0 spiro atoms. The molecule has 10 rings (SSSR count). The van der Waals surface area contributed by atoms with Crippen molar-refractivity contribution in [3.05, 3.63) is 180 Å². The molecule has 2 nitrogen and oxygen atoms in total. The normalized spacial score (nSPS) is 14.5. The number of aromatic nitrogens is 2. The summed E-state index contributed by atoms with van der Waals surface area (Å²) in [7, 11) is 0. The van der Waals surface area contributed by atoms with E-state index in [2.05, 4.69) is 185 Å². The molecule has 0 saturated carbocycles. The van der Waals surface area contributed by atoms with Crippen LogP contribution >= 0.6 is 0 Å². The van der Waals surface area contributed by atoms with Crippen molar-refractivity contribution in [2.24, 2.45) is 0 Å². The molecule has 2 aromatic heterocycles. The zero-order valence-corrected chi connectivity index (χ0v) is 29.9. The van der Waals surface area contributed by atoms with Crippen molar-refractivity contribution in [1.29, 1.82) is 0 Å². The van der Waals surface area contributed by atoms with Gasteiger partial charge >= 0.3 is 0 Å². The first kappa shape index (κ1) is 30.7. The predicted octanol–water partition coefficient (Wildman–Crippen LogP) is 12.9. The molecular formula is C50H38N2. The number of nitrogens with zero attached hydrogens (tertiary/aromatic N) is 2. The van der Waals surface area contributed by atoms with Crippen molar-refractivity contribution in [1.82, 2.24) is 9.97 Å². The smallest absolute Gasteiger partial charge is 0.0894 e. The van der Waals surface area contributed by atoms with E-state index in [4.69, 9.17) is 9.97 Å². The van der Waals surface area contributed by atoms with Gasteiger partial charge in [-0.05, 0) is 115 Å². The highest BCUT2D eigenvalue weighted by Gasteiger charge is 2.36. The molecule has 2 heterocycles. The lowest BCUT2D eigenvalue weighted by atomic mass is 9.81. The summed E-state index contributed by atoms with van der Waals surface area (Å²) in [5.41, 5.74) is 21.6. The highest BCUT2D eigenvalue weighted by atomic mass is 14.8. The van der Waals surface area contributed by atoms with Gasteiger partial charge in [-0.25, -0.2) is 9.97 Å². The molecule has 6 aromatic carbocycles. The first-order chi connectivity index (χ1) is 25.3. The summed E-state index contributed by atoms with van der Waals surface area (Å²) in [6, 6.07) is 57.4. The van der Waals surface area contributed by atoms with Gasteiger partial charge in [0.15, 0.2) is 0 Å². The molecule has 0 atom stereocenters. The van der Waals surface area contributed by atoms with E-state index in [0.29, 0.717) is 0 Å². The number of hydrogen-bond acceptors (Lipinski definition) is 2. The van der Waals surface area contributed by atoms with Gasteiger partial charge in [0.05, 0.1) is 22.4 Å². The van der Waals surface area contributed by atoms with Gasteiger partial charge in [-0.1, -0.05) is 137 Å². The molecule has 0 radical (unpaired) electrons. The van der Waals surface area contributed by atoms with Crippen LogP contribution in [-0.4, -0.2) is 9.97 Å². The van der Waals surface area contributed by atoms with Crippen molar-refractivity contribution < 1.29 is 0 Å². The molecule has 248 valence electrons. The third kappa shape index (κ3) is 4.64. The van der Waals surface area contributed by atoms with Crippen LogP contribution in [0.3, 0.4) is 0 Å². The van der Waals surface area contributed by atoms with Crippen LogP contribution in [0, 0.1) is 0 Å². The molecule has 2 aliphatic carbocycles. The van der Waals surface area contributed by atoms with Crippen molar-refractivity contribution >= 4 is 11.0 Å². The van der Waals surface area contributed by atoms with Crippen LogP contribution in [0.15, 0.2) is 158 Å². The van der Waals surface area contributed by atoms with E-state index in [1.165, 1.54) is 66.8 Å². The Bertz CT molecular complexity index is 2560. The highest BCUT2D eigenvalue weighted by molar-refractivity contribution is 5.87. The van der Waals surface area contributed by atoms with E-state index in [1.807, 2.05) is 0 Å². The van der Waals surface area contributed by atoms with Crippen LogP contribution in [-0.2, 0) is 10.8 Å². The zero-order chi connectivity index (χ0) is 35.2. The standard InChI is InChI=1S/C50H38N2/c1-49(2)41-17-7-5-15-37(41)39-21-19-33(29-43(39)49)31-11-9-13-35(27-31)45-23-25-48-47(51-45)26-24-46(52-48)36-14-10-12-32(28-36)34-20-22-40-38-16-6-8-18-42(38)50(3,4)44(40)30-34/h5-30H,1-4H3. The lowest BCUT2D eigenvalue weighted by Crippen LogP contribution is -2.14. The topological polar surface area (TPSA) is 25.8 Å². The fraction of sp³-hybridized carbons (Fsp3) is 0.120. The van der Waals surface area contributed by atoms with Crippen LogP contribution in [0.4, 0.5) is 0 Å². The Morgan fingerprint density at radius 3 is 1.15 bits per heavy atom. The molecule has 0 N–H and O–H groups in total. The highest BCUT2D eigenvalue weighted by Crippen LogP contribution is 2.51. The molecular weight excluding hydrogens is 629 g/mol. The minimum atomic E-state index is -0.0291. The van der Waals surface area contributed by atoms with Gasteiger partial charge in [-0.15, -0.1) is 0 Å². The maximum atomic E-state index is 5.09. The van der Waals surface area contributed by atoms with Gasteiger partial charge in [-0.3, -0.25) is 0 Å². The molecule has 2 heteroatoms. The van der Waals surface area contributed by atoms with E-state index >= 15 is 0 Å². The maximum absolute atomic E-state index is 5.09. The SMILES string of the molecule is CC1(C)c2ccccc2-c2ccc(-c3cccc(-c4ccc5nc(-c6cccc(-c7ccc8c(c7)C(C)(C)c7ccccc7-8)c6)ccc5n4)c3)cc21. The fourth-order valence-electron chi connectivity index (χ4n) is 8.82. The van der Waals surface area contributed by atoms with E-state index in [0.717, 1.165) is 33.5 Å².